The third kappa shape index (κ3) is 5.32. The lowest BCUT2D eigenvalue weighted by Gasteiger charge is -2.10. The number of hydrogen-bond donors (Lipinski definition) is 1. The molecule has 0 aromatic rings. The van der Waals surface area contributed by atoms with Crippen LogP contribution in [-0.4, -0.2) is 5.25 Å². The van der Waals surface area contributed by atoms with E-state index in [-0.39, 0.29) is 0 Å². The largest absolute Gasteiger partial charge is 0.328 e. The monoisotopic (exact) mass is 217 g/mol. The molecule has 0 unspecified atom stereocenters. The Balaban J connectivity index is 0.000000791. The molecule has 0 aliphatic heterocycles. The maximum atomic E-state index is 12.4. The smallest absolute Gasteiger partial charge is 0.139 e. The van der Waals surface area contributed by atoms with Crippen molar-refractivity contribution < 1.29 is 4.39 Å². The van der Waals surface area contributed by atoms with E-state index in [1.807, 2.05) is 13.8 Å². The van der Waals surface area contributed by atoms with Crippen molar-refractivity contribution in [3.63, 3.8) is 0 Å². The summed E-state index contributed by atoms with van der Waals surface area (Å²) in [6.45, 7) is 10.7. The standard InChI is InChI=1S/C9H14FNS.C2H6/c1-7(10)8(2)11-12-9-5-3-4-6-9;1-2/h9,11H,1-6H2;1-2H3. The molecule has 1 saturated carbocycles. The summed E-state index contributed by atoms with van der Waals surface area (Å²) < 4.78 is 15.3. The summed E-state index contributed by atoms with van der Waals surface area (Å²) in [5, 5.41) is 0.626. The van der Waals surface area contributed by atoms with Crippen molar-refractivity contribution in [3.05, 3.63) is 24.7 Å². The highest BCUT2D eigenvalue weighted by molar-refractivity contribution is 7.98. The van der Waals surface area contributed by atoms with E-state index < -0.39 is 5.83 Å². The van der Waals surface area contributed by atoms with Crippen LogP contribution in [0.5, 0.6) is 0 Å². The SMILES string of the molecule is C=C(F)C(=C)NSC1CCCC1.CC. The predicted octanol–water partition coefficient (Wildman–Crippen LogP) is 4.19. The molecule has 82 valence electrons. The van der Waals surface area contributed by atoms with Crippen LogP contribution in [0.4, 0.5) is 4.39 Å². The Bertz CT molecular complexity index is 186. The number of hydrogen-bond acceptors (Lipinski definition) is 2. The number of rotatable bonds is 4. The van der Waals surface area contributed by atoms with E-state index in [9.17, 15) is 4.39 Å². The van der Waals surface area contributed by atoms with E-state index in [0.29, 0.717) is 10.9 Å². The molecule has 1 fully saturated rings. The van der Waals surface area contributed by atoms with Crippen LogP contribution in [0.1, 0.15) is 39.5 Å². The molecule has 0 heterocycles. The molecule has 3 heteroatoms. The van der Waals surface area contributed by atoms with Crippen LogP contribution in [0, 0.1) is 0 Å². The van der Waals surface area contributed by atoms with E-state index in [1.165, 1.54) is 25.7 Å². The van der Waals surface area contributed by atoms with Crippen LogP contribution in [0.3, 0.4) is 0 Å². The fourth-order valence-corrected chi connectivity index (χ4v) is 2.20. The van der Waals surface area contributed by atoms with Gasteiger partial charge in [0.1, 0.15) is 5.83 Å². The number of halogens is 1. The van der Waals surface area contributed by atoms with Crippen molar-refractivity contribution >= 4 is 11.9 Å². The molecule has 0 atom stereocenters. The van der Waals surface area contributed by atoms with Crippen LogP contribution in [0.15, 0.2) is 24.7 Å². The second kappa shape index (κ2) is 7.92. The molecule has 0 aromatic heterocycles. The first-order valence-corrected chi connectivity index (χ1v) is 6.03. The van der Waals surface area contributed by atoms with E-state index in [0.717, 1.165) is 0 Å². The topological polar surface area (TPSA) is 12.0 Å². The molecule has 0 radical (unpaired) electrons. The minimum atomic E-state index is -0.472. The molecule has 0 spiro atoms. The number of allylic oxidation sites excluding steroid dienone is 1. The maximum Gasteiger partial charge on any atom is 0.139 e. The summed E-state index contributed by atoms with van der Waals surface area (Å²) in [5.74, 6) is -0.472. The first-order valence-electron chi connectivity index (χ1n) is 5.15. The van der Waals surface area contributed by atoms with Crippen LogP contribution < -0.4 is 4.72 Å². The first kappa shape index (κ1) is 13.6. The van der Waals surface area contributed by atoms with Crippen LogP contribution in [0.2, 0.25) is 0 Å². The van der Waals surface area contributed by atoms with E-state index >= 15 is 0 Å². The average molecular weight is 217 g/mol. The van der Waals surface area contributed by atoms with Gasteiger partial charge in [-0.1, -0.05) is 39.8 Å². The Morgan fingerprint density at radius 2 is 1.79 bits per heavy atom. The zero-order chi connectivity index (χ0) is 11.0. The van der Waals surface area contributed by atoms with Gasteiger partial charge >= 0.3 is 0 Å². The van der Waals surface area contributed by atoms with Gasteiger partial charge in [0.25, 0.3) is 0 Å². The highest BCUT2D eigenvalue weighted by atomic mass is 32.2. The van der Waals surface area contributed by atoms with Crippen molar-refractivity contribution in [3.8, 4) is 0 Å². The lowest BCUT2D eigenvalue weighted by Crippen LogP contribution is -2.08. The molecule has 1 N–H and O–H groups in total. The fraction of sp³-hybridized carbons (Fsp3) is 0.636. The summed E-state index contributed by atoms with van der Waals surface area (Å²) in [6.07, 6.45) is 5.04. The quantitative estimate of drug-likeness (QED) is 0.560. The molecule has 0 saturated heterocycles. The summed E-state index contributed by atoms with van der Waals surface area (Å²) in [7, 11) is 0. The van der Waals surface area contributed by atoms with Crippen LogP contribution in [-0.2, 0) is 0 Å². The Hall–Kier alpha value is -0.440. The lowest BCUT2D eigenvalue weighted by atomic mass is 10.4. The van der Waals surface area contributed by atoms with Crippen molar-refractivity contribution in [2.45, 2.75) is 44.8 Å². The van der Waals surface area contributed by atoms with E-state index in [1.54, 1.807) is 11.9 Å². The molecule has 1 rings (SSSR count). The fourth-order valence-electron chi connectivity index (χ4n) is 1.22. The molecule has 0 bridgehead atoms. The van der Waals surface area contributed by atoms with E-state index in [4.69, 9.17) is 0 Å². The van der Waals surface area contributed by atoms with Gasteiger partial charge < -0.3 is 4.72 Å². The van der Waals surface area contributed by atoms with Gasteiger partial charge in [-0.25, -0.2) is 4.39 Å². The predicted molar refractivity (Wildman–Crippen MR) is 63.7 cm³/mol. The van der Waals surface area contributed by atoms with Gasteiger partial charge in [-0.05, 0) is 24.8 Å². The van der Waals surface area contributed by atoms with Gasteiger partial charge in [0.15, 0.2) is 0 Å². The summed E-state index contributed by atoms with van der Waals surface area (Å²) in [4.78, 5) is 0. The first-order chi connectivity index (χ1) is 6.70. The molecule has 1 aliphatic rings. The Kier molecular flexibility index (Phi) is 7.67. The van der Waals surface area contributed by atoms with Crippen molar-refractivity contribution in [2.75, 3.05) is 0 Å². The maximum absolute atomic E-state index is 12.4. The molecule has 1 nitrogen and oxygen atoms in total. The van der Waals surface area contributed by atoms with Gasteiger partial charge in [-0.3, -0.25) is 0 Å². The second-order valence-corrected chi connectivity index (χ2v) is 4.12. The van der Waals surface area contributed by atoms with Crippen LogP contribution in [0.25, 0.3) is 0 Å². The molecular weight excluding hydrogens is 197 g/mol. The van der Waals surface area contributed by atoms with Gasteiger partial charge in [0.2, 0.25) is 0 Å². The van der Waals surface area contributed by atoms with E-state index in [2.05, 4.69) is 17.9 Å². The van der Waals surface area contributed by atoms with Crippen molar-refractivity contribution in [1.82, 2.24) is 4.72 Å². The Labute approximate surface area is 91.0 Å². The normalized spacial score (nSPS) is 15.6. The lowest BCUT2D eigenvalue weighted by molar-refractivity contribution is 0.649. The minimum absolute atomic E-state index is 0.298. The van der Waals surface area contributed by atoms with Gasteiger partial charge in [0, 0.05) is 5.25 Å². The minimum Gasteiger partial charge on any atom is -0.328 e. The zero-order valence-electron chi connectivity index (χ0n) is 9.11. The number of nitrogens with one attached hydrogen (secondary N) is 1. The summed E-state index contributed by atoms with van der Waals surface area (Å²) >= 11 is 1.57. The third-order valence-corrected chi connectivity index (χ3v) is 3.15. The second-order valence-electron chi connectivity index (χ2n) is 3.01. The summed E-state index contributed by atoms with van der Waals surface area (Å²) in [6, 6.07) is 0. The summed E-state index contributed by atoms with van der Waals surface area (Å²) in [5.41, 5.74) is 0.298. The van der Waals surface area contributed by atoms with Gasteiger partial charge in [0.05, 0.1) is 5.70 Å². The van der Waals surface area contributed by atoms with Gasteiger partial charge in [-0.2, -0.15) is 0 Å². The molecule has 14 heavy (non-hydrogen) atoms. The van der Waals surface area contributed by atoms with Gasteiger partial charge in [-0.15, -0.1) is 0 Å². The van der Waals surface area contributed by atoms with Crippen molar-refractivity contribution in [1.29, 1.82) is 0 Å². The van der Waals surface area contributed by atoms with Crippen LogP contribution >= 0.6 is 11.9 Å². The highest BCUT2D eigenvalue weighted by Crippen LogP contribution is 2.28. The Morgan fingerprint density at radius 1 is 1.29 bits per heavy atom. The molecule has 1 aliphatic carbocycles. The molecular formula is C11H20FNS. The average Bonchev–Trinajstić information content (AvgIpc) is 2.69. The Morgan fingerprint density at radius 3 is 2.21 bits per heavy atom. The van der Waals surface area contributed by atoms with Crippen molar-refractivity contribution in [2.24, 2.45) is 0 Å². The molecule has 0 aromatic carbocycles. The third-order valence-electron chi connectivity index (χ3n) is 1.98. The zero-order valence-corrected chi connectivity index (χ0v) is 9.92. The molecule has 0 amide bonds. The highest BCUT2D eigenvalue weighted by Gasteiger charge is 2.15.